The standard InChI is InChI=1S/C21H27NO.C7H6O3/c1-5-20(23)21(16-17(2)22(3)4,18-12-8-6-9-13-18)19-14-10-7-11-15-19;8-6-4-2-1-3-5(6)7(9)10/h6-15,17H,5,16H2,1-4H3;1-4,8H,(H,9,10). The van der Waals surface area contributed by atoms with Gasteiger partial charge < -0.3 is 15.1 Å². The zero-order valence-electron chi connectivity index (χ0n) is 19.7. The van der Waals surface area contributed by atoms with Crippen LogP contribution in [0.5, 0.6) is 5.75 Å². The molecule has 0 aliphatic heterocycles. The van der Waals surface area contributed by atoms with E-state index in [0.717, 1.165) is 17.5 Å². The molecule has 3 aromatic carbocycles. The van der Waals surface area contributed by atoms with Crippen molar-refractivity contribution < 1.29 is 19.8 Å². The number of benzene rings is 3. The van der Waals surface area contributed by atoms with Gasteiger partial charge in [0, 0.05) is 12.5 Å². The van der Waals surface area contributed by atoms with Crippen LogP contribution in [0.1, 0.15) is 48.2 Å². The molecule has 0 saturated heterocycles. The number of para-hydroxylation sites is 1. The van der Waals surface area contributed by atoms with Gasteiger partial charge in [0.25, 0.3) is 0 Å². The van der Waals surface area contributed by atoms with Crippen LogP contribution in [0, 0.1) is 0 Å². The van der Waals surface area contributed by atoms with Crippen LogP contribution in [0.2, 0.25) is 0 Å². The highest BCUT2D eigenvalue weighted by Crippen LogP contribution is 2.39. The lowest BCUT2D eigenvalue weighted by Crippen LogP contribution is -2.42. The van der Waals surface area contributed by atoms with Crippen LogP contribution >= 0.6 is 0 Å². The zero-order valence-corrected chi connectivity index (χ0v) is 19.7. The minimum absolute atomic E-state index is 0.0671. The number of nitrogens with zero attached hydrogens (tertiary/aromatic N) is 1. The molecule has 3 aromatic rings. The summed E-state index contributed by atoms with van der Waals surface area (Å²) in [6.07, 6.45) is 1.31. The lowest BCUT2D eigenvalue weighted by molar-refractivity contribution is -0.123. The first kappa shape index (κ1) is 25.8. The molecule has 174 valence electrons. The Bertz CT molecular complexity index is 993. The van der Waals surface area contributed by atoms with Crippen molar-refractivity contribution in [2.75, 3.05) is 14.1 Å². The first-order chi connectivity index (χ1) is 15.7. The number of carbonyl (C=O) groups excluding carboxylic acids is 1. The van der Waals surface area contributed by atoms with Crippen molar-refractivity contribution in [2.45, 2.75) is 38.1 Å². The summed E-state index contributed by atoms with van der Waals surface area (Å²) in [5, 5.41) is 17.3. The molecule has 1 unspecified atom stereocenters. The zero-order chi connectivity index (χ0) is 24.4. The third kappa shape index (κ3) is 6.30. The molecule has 0 saturated carbocycles. The van der Waals surface area contributed by atoms with Crippen molar-refractivity contribution >= 4 is 11.8 Å². The SMILES string of the molecule is CCC(=O)C(CC(C)N(C)C)(c1ccccc1)c1ccccc1.O=C(O)c1ccccc1O. The van der Waals surface area contributed by atoms with E-state index in [-0.39, 0.29) is 17.1 Å². The predicted molar refractivity (Wildman–Crippen MR) is 132 cm³/mol. The Morgan fingerprint density at radius 2 is 1.30 bits per heavy atom. The van der Waals surface area contributed by atoms with Crippen LogP contribution in [0.3, 0.4) is 0 Å². The Balaban J connectivity index is 0.000000321. The van der Waals surface area contributed by atoms with E-state index >= 15 is 0 Å². The van der Waals surface area contributed by atoms with Gasteiger partial charge in [0.15, 0.2) is 0 Å². The maximum Gasteiger partial charge on any atom is 0.339 e. The molecule has 33 heavy (non-hydrogen) atoms. The molecule has 0 aromatic heterocycles. The lowest BCUT2D eigenvalue weighted by atomic mass is 9.67. The fourth-order valence-corrected chi connectivity index (χ4v) is 3.87. The first-order valence-electron chi connectivity index (χ1n) is 11.1. The largest absolute Gasteiger partial charge is 0.507 e. The van der Waals surface area contributed by atoms with E-state index in [4.69, 9.17) is 10.2 Å². The quantitative estimate of drug-likeness (QED) is 0.485. The maximum absolute atomic E-state index is 13.2. The molecule has 0 amide bonds. The molecule has 0 fully saturated rings. The third-order valence-electron chi connectivity index (χ3n) is 5.95. The number of hydrogen-bond acceptors (Lipinski definition) is 4. The Kier molecular flexibility index (Phi) is 9.37. The molecule has 1 atom stereocenters. The number of rotatable bonds is 8. The van der Waals surface area contributed by atoms with Crippen molar-refractivity contribution in [1.82, 2.24) is 4.90 Å². The second-order valence-electron chi connectivity index (χ2n) is 8.25. The van der Waals surface area contributed by atoms with Gasteiger partial charge in [-0.1, -0.05) is 79.7 Å². The summed E-state index contributed by atoms with van der Waals surface area (Å²) < 4.78 is 0. The van der Waals surface area contributed by atoms with Gasteiger partial charge >= 0.3 is 5.97 Å². The lowest BCUT2D eigenvalue weighted by Gasteiger charge is -2.37. The van der Waals surface area contributed by atoms with E-state index in [2.05, 4.69) is 50.2 Å². The van der Waals surface area contributed by atoms with Crippen LogP contribution in [0.15, 0.2) is 84.9 Å². The summed E-state index contributed by atoms with van der Waals surface area (Å²) in [7, 11) is 4.14. The number of aromatic carboxylic acids is 1. The van der Waals surface area contributed by atoms with Gasteiger partial charge in [0.1, 0.15) is 17.1 Å². The van der Waals surface area contributed by atoms with Crippen molar-refractivity contribution in [3.8, 4) is 5.75 Å². The van der Waals surface area contributed by atoms with Gasteiger partial charge in [-0.15, -0.1) is 0 Å². The second kappa shape index (κ2) is 12.0. The Hall–Kier alpha value is -3.44. The highest BCUT2D eigenvalue weighted by Gasteiger charge is 2.41. The summed E-state index contributed by atoms with van der Waals surface area (Å²) in [5.41, 5.74) is 1.53. The van der Waals surface area contributed by atoms with Crippen molar-refractivity contribution in [3.05, 3.63) is 102 Å². The molecule has 2 N–H and O–H groups in total. The predicted octanol–water partition coefficient (Wildman–Crippen LogP) is 5.38. The average Bonchev–Trinajstić information content (AvgIpc) is 2.83. The number of hydrogen-bond donors (Lipinski definition) is 2. The molecular formula is C28H33NO4. The van der Waals surface area contributed by atoms with Gasteiger partial charge in [-0.3, -0.25) is 4.79 Å². The van der Waals surface area contributed by atoms with E-state index < -0.39 is 11.4 Å². The second-order valence-corrected chi connectivity index (χ2v) is 8.25. The number of aromatic hydroxyl groups is 1. The van der Waals surface area contributed by atoms with Gasteiger partial charge in [-0.2, -0.15) is 0 Å². The summed E-state index contributed by atoms with van der Waals surface area (Å²) in [4.78, 5) is 25.6. The fraction of sp³-hybridized carbons (Fsp3) is 0.286. The average molecular weight is 448 g/mol. The van der Waals surface area contributed by atoms with E-state index in [1.165, 1.54) is 12.1 Å². The van der Waals surface area contributed by atoms with Gasteiger partial charge in [0.05, 0.1) is 5.41 Å². The number of carboxylic acids is 1. The number of phenols is 1. The summed E-state index contributed by atoms with van der Waals surface area (Å²) in [6.45, 7) is 4.15. The highest BCUT2D eigenvalue weighted by atomic mass is 16.4. The molecular weight excluding hydrogens is 414 g/mol. The van der Waals surface area contributed by atoms with Crippen LogP contribution < -0.4 is 0 Å². The van der Waals surface area contributed by atoms with Gasteiger partial charge in [-0.05, 0) is 50.7 Å². The molecule has 5 nitrogen and oxygen atoms in total. The van der Waals surface area contributed by atoms with E-state index in [0.29, 0.717) is 12.5 Å². The number of ketones is 1. The molecule has 3 rings (SSSR count). The Morgan fingerprint density at radius 3 is 1.67 bits per heavy atom. The third-order valence-corrected chi connectivity index (χ3v) is 5.95. The van der Waals surface area contributed by atoms with E-state index in [1.54, 1.807) is 12.1 Å². The summed E-state index contributed by atoms with van der Waals surface area (Å²) >= 11 is 0. The number of carbonyl (C=O) groups is 2. The normalized spacial score (nSPS) is 11.9. The number of Topliss-reactive ketones (excluding diaryl/α,β-unsaturated/α-hetero) is 1. The van der Waals surface area contributed by atoms with Crippen molar-refractivity contribution in [3.63, 3.8) is 0 Å². The molecule has 5 heteroatoms. The molecule has 0 heterocycles. The maximum atomic E-state index is 13.2. The van der Waals surface area contributed by atoms with E-state index in [9.17, 15) is 9.59 Å². The monoisotopic (exact) mass is 447 g/mol. The van der Waals surface area contributed by atoms with E-state index in [1.807, 2.05) is 43.3 Å². The summed E-state index contributed by atoms with van der Waals surface area (Å²) in [5.74, 6) is -1.03. The minimum atomic E-state index is -1.11. The minimum Gasteiger partial charge on any atom is -0.507 e. The van der Waals surface area contributed by atoms with Crippen LogP contribution in [-0.4, -0.2) is 47.0 Å². The number of carboxylic acid groups (broad SMARTS) is 1. The first-order valence-corrected chi connectivity index (χ1v) is 11.1. The van der Waals surface area contributed by atoms with Crippen molar-refractivity contribution in [1.29, 1.82) is 0 Å². The van der Waals surface area contributed by atoms with Crippen LogP contribution in [-0.2, 0) is 10.2 Å². The Morgan fingerprint density at radius 1 is 0.848 bits per heavy atom. The van der Waals surface area contributed by atoms with Crippen LogP contribution in [0.4, 0.5) is 0 Å². The van der Waals surface area contributed by atoms with Gasteiger partial charge in [0.2, 0.25) is 0 Å². The summed E-state index contributed by atoms with van der Waals surface area (Å²) in [6, 6.07) is 26.6. The fourth-order valence-electron chi connectivity index (χ4n) is 3.87. The van der Waals surface area contributed by atoms with Crippen LogP contribution in [0.25, 0.3) is 0 Å². The highest BCUT2D eigenvalue weighted by molar-refractivity contribution is 5.93. The van der Waals surface area contributed by atoms with Gasteiger partial charge in [-0.25, -0.2) is 4.79 Å². The molecule has 0 spiro atoms. The van der Waals surface area contributed by atoms with Crippen molar-refractivity contribution in [2.24, 2.45) is 0 Å². The topological polar surface area (TPSA) is 77.8 Å². The molecule has 0 aliphatic carbocycles. The Labute approximate surface area is 196 Å². The molecule has 0 radical (unpaired) electrons. The molecule has 0 aliphatic rings. The smallest absolute Gasteiger partial charge is 0.339 e. The molecule has 0 bridgehead atoms.